The van der Waals surface area contributed by atoms with E-state index >= 15 is 0 Å². The second kappa shape index (κ2) is 4.36. The number of aromatic hydroxyl groups is 1. The van der Waals surface area contributed by atoms with Crippen molar-refractivity contribution in [3.8, 4) is 11.9 Å². The van der Waals surface area contributed by atoms with Crippen LogP contribution in [0.5, 0.6) is 5.88 Å². The molecule has 0 aliphatic rings. The number of rotatable bonds is 3. The van der Waals surface area contributed by atoms with Gasteiger partial charge in [-0.05, 0) is 11.5 Å². The van der Waals surface area contributed by atoms with Gasteiger partial charge in [0.15, 0.2) is 16.4 Å². The lowest BCUT2D eigenvalue weighted by Crippen LogP contribution is -1.97. The normalized spacial score (nSPS) is 9.82. The van der Waals surface area contributed by atoms with E-state index in [-0.39, 0.29) is 17.1 Å². The van der Waals surface area contributed by atoms with Gasteiger partial charge in [-0.1, -0.05) is 0 Å². The van der Waals surface area contributed by atoms with Crippen molar-refractivity contribution in [3.05, 3.63) is 16.6 Å². The van der Waals surface area contributed by atoms with Gasteiger partial charge < -0.3 is 15.5 Å². The first kappa shape index (κ1) is 11.3. The molecule has 7 nitrogen and oxygen atoms in total. The molecule has 9 heteroatoms. The molecule has 0 bridgehead atoms. The number of nitrogens with zero attached hydrogens (tertiary/aromatic N) is 3. The molecular weight excluding hydrogens is 264 g/mol. The molecule has 0 aromatic carbocycles. The predicted octanol–water partition coefficient (Wildman–Crippen LogP) is 1.62. The number of thiazole rings is 1. The molecule has 0 atom stereocenters. The van der Waals surface area contributed by atoms with Crippen LogP contribution < -0.4 is 5.32 Å². The Morgan fingerprint density at radius 2 is 2.35 bits per heavy atom. The van der Waals surface area contributed by atoms with E-state index in [9.17, 15) is 9.90 Å². The smallest absolute Gasteiger partial charge is 0.355 e. The Kier molecular flexibility index (Phi) is 2.90. The Hall–Kier alpha value is -2.18. The van der Waals surface area contributed by atoms with Crippen LogP contribution in [0.15, 0.2) is 5.38 Å². The molecule has 0 unspecified atom stereocenters. The summed E-state index contributed by atoms with van der Waals surface area (Å²) in [5.41, 5.74) is -0.0631. The molecule has 0 aliphatic carbocycles. The quantitative estimate of drug-likeness (QED) is 0.773. The molecule has 86 valence electrons. The van der Waals surface area contributed by atoms with Gasteiger partial charge in [0.25, 0.3) is 0 Å². The molecule has 0 radical (unpaired) electrons. The minimum atomic E-state index is -1.12. The summed E-state index contributed by atoms with van der Waals surface area (Å²) < 4.78 is 3.60. The number of carbonyl (C=O) groups is 1. The number of aromatic nitrogens is 2. The summed E-state index contributed by atoms with van der Waals surface area (Å²) in [5, 5.41) is 31.4. The highest BCUT2D eigenvalue weighted by atomic mass is 32.1. The van der Waals surface area contributed by atoms with Crippen molar-refractivity contribution in [2.75, 3.05) is 5.32 Å². The summed E-state index contributed by atoms with van der Waals surface area (Å²) in [7, 11) is 0. The van der Waals surface area contributed by atoms with Gasteiger partial charge in [-0.3, -0.25) is 0 Å². The Morgan fingerprint density at radius 1 is 1.59 bits per heavy atom. The number of carboxylic acid groups (broad SMARTS) is 1. The van der Waals surface area contributed by atoms with E-state index in [0.717, 1.165) is 22.9 Å². The van der Waals surface area contributed by atoms with Crippen molar-refractivity contribution in [2.24, 2.45) is 0 Å². The third kappa shape index (κ3) is 2.17. The van der Waals surface area contributed by atoms with Crippen molar-refractivity contribution in [3.63, 3.8) is 0 Å². The fraction of sp³-hybridized carbons (Fsp3) is 0. The van der Waals surface area contributed by atoms with Gasteiger partial charge in [-0.15, -0.1) is 11.3 Å². The molecule has 17 heavy (non-hydrogen) atoms. The van der Waals surface area contributed by atoms with Gasteiger partial charge in [0.05, 0.1) is 0 Å². The van der Waals surface area contributed by atoms with Crippen LogP contribution in [0.2, 0.25) is 0 Å². The molecule has 0 aliphatic heterocycles. The zero-order chi connectivity index (χ0) is 12.4. The first-order chi connectivity index (χ1) is 8.11. The van der Waals surface area contributed by atoms with Crippen LogP contribution >= 0.6 is 22.9 Å². The van der Waals surface area contributed by atoms with Gasteiger partial charge in [-0.2, -0.15) is 9.64 Å². The summed E-state index contributed by atoms with van der Waals surface area (Å²) >= 11 is 1.98. The van der Waals surface area contributed by atoms with Crippen molar-refractivity contribution in [1.82, 2.24) is 9.36 Å². The molecule has 3 N–H and O–H groups in total. The molecule has 0 saturated heterocycles. The lowest BCUT2D eigenvalue weighted by molar-refractivity contribution is 0.0691. The molecule has 2 aromatic heterocycles. The van der Waals surface area contributed by atoms with Crippen LogP contribution in [-0.2, 0) is 0 Å². The van der Waals surface area contributed by atoms with Crippen LogP contribution in [0.4, 0.5) is 10.1 Å². The van der Waals surface area contributed by atoms with Gasteiger partial charge in [-0.25, -0.2) is 9.78 Å². The van der Waals surface area contributed by atoms with E-state index in [1.807, 2.05) is 0 Å². The van der Waals surface area contributed by atoms with Crippen LogP contribution in [0, 0.1) is 11.3 Å². The largest absolute Gasteiger partial charge is 0.492 e. The van der Waals surface area contributed by atoms with Gasteiger partial charge >= 0.3 is 5.97 Å². The molecule has 2 aromatic rings. The third-order valence-electron chi connectivity index (χ3n) is 1.73. The van der Waals surface area contributed by atoms with E-state index in [4.69, 9.17) is 10.4 Å². The molecule has 0 saturated carbocycles. The number of hydrogen-bond acceptors (Lipinski definition) is 8. The van der Waals surface area contributed by atoms with Gasteiger partial charge in [0.1, 0.15) is 11.1 Å². The monoisotopic (exact) mass is 268 g/mol. The number of aromatic carboxylic acids is 1. The second-order valence-electron chi connectivity index (χ2n) is 2.79. The van der Waals surface area contributed by atoms with E-state index in [0.29, 0.717) is 10.1 Å². The number of nitrogens with one attached hydrogen (secondary N) is 1. The fourth-order valence-electron chi connectivity index (χ4n) is 0.994. The maximum atomic E-state index is 10.6. The van der Waals surface area contributed by atoms with Crippen molar-refractivity contribution < 1.29 is 15.0 Å². The minimum absolute atomic E-state index is 0.0158. The molecule has 0 amide bonds. The summed E-state index contributed by atoms with van der Waals surface area (Å²) in [6, 6.07) is 1.79. The highest BCUT2D eigenvalue weighted by Crippen LogP contribution is 2.32. The summed E-state index contributed by atoms with van der Waals surface area (Å²) in [6.45, 7) is 0. The van der Waals surface area contributed by atoms with Crippen molar-refractivity contribution in [1.29, 1.82) is 5.26 Å². The maximum Gasteiger partial charge on any atom is 0.355 e. The fourth-order valence-corrected chi connectivity index (χ4v) is 2.39. The zero-order valence-electron chi connectivity index (χ0n) is 8.04. The van der Waals surface area contributed by atoms with Crippen molar-refractivity contribution >= 4 is 39.0 Å². The maximum absolute atomic E-state index is 10.6. The molecule has 0 fully saturated rings. The second-order valence-corrected chi connectivity index (χ2v) is 4.42. The average Bonchev–Trinajstić information content (AvgIpc) is 2.87. The number of nitriles is 1. The number of carboxylic acids is 1. The number of anilines is 2. The Labute approximate surface area is 103 Å². The lowest BCUT2D eigenvalue weighted by Gasteiger charge is -1.96. The first-order valence-electron chi connectivity index (χ1n) is 4.16. The number of hydrogen-bond donors (Lipinski definition) is 3. The summed E-state index contributed by atoms with van der Waals surface area (Å²) in [6.07, 6.45) is 0. The van der Waals surface area contributed by atoms with Crippen LogP contribution in [0.3, 0.4) is 0 Å². The Morgan fingerprint density at radius 3 is 2.94 bits per heavy atom. The first-order valence-corrected chi connectivity index (χ1v) is 5.81. The Bertz CT molecular complexity index is 613. The topological polar surface area (TPSA) is 119 Å². The van der Waals surface area contributed by atoms with Crippen LogP contribution in [0.1, 0.15) is 16.1 Å². The molecular formula is C8H4N4O3S2. The van der Waals surface area contributed by atoms with Gasteiger partial charge in [0, 0.05) is 5.38 Å². The van der Waals surface area contributed by atoms with E-state index in [1.165, 1.54) is 5.38 Å². The zero-order valence-corrected chi connectivity index (χ0v) is 9.67. The summed E-state index contributed by atoms with van der Waals surface area (Å²) in [5.74, 6) is -1.48. The summed E-state index contributed by atoms with van der Waals surface area (Å²) in [4.78, 5) is 14.4. The SMILES string of the molecule is N#Cc1c(O)nsc1Nc1nc(C(=O)O)cs1. The predicted molar refractivity (Wildman–Crippen MR) is 60.8 cm³/mol. The van der Waals surface area contributed by atoms with E-state index in [2.05, 4.69) is 14.7 Å². The highest BCUT2D eigenvalue weighted by Gasteiger charge is 2.15. The van der Waals surface area contributed by atoms with Crippen molar-refractivity contribution in [2.45, 2.75) is 0 Å². The van der Waals surface area contributed by atoms with E-state index < -0.39 is 5.97 Å². The highest BCUT2D eigenvalue weighted by molar-refractivity contribution is 7.15. The standard InChI is InChI=1S/C8H4N4O3S2/c9-1-3-5(13)12-17-6(3)11-8-10-4(2-16-8)7(14)15/h2H,(H,10,11)(H,12,13)(H,14,15). The Balaban J connectivity index is 2.26. The molecule has 0 spiro atoms. The molecule has 2 rings (SSSR count). The average molecular weight is 268 g/mol. The van der Waals surface area contributed by atoms with Gasteiger partial charge in [0.2, 0.25) is 5.88 Å². The minimum Gasteiger partial charge on any atom is -0.492 e. The van der Waals surface area contributed by atoms with Crippen LogP contribution in [-0.4, -0.2) is 25.5 Å². The third-order valence-corrected chi connectivity index (χ3v) is 3.24. The lowest BCUT2D eigenvalue weighted by atomic mass is 10.4. The van der Waals surface area contributed by atoms with Crippen LogP contribution in [0.25, 0.3) is 0 Å². The van der Waals surface area contributed by atoms with E-state index in [1.54, 1.807) is 6.07 Å². The molecule has 2 heterocycles.